The van der Waals surface area contributed by atoms with Crippen LogP contribution in [0.25, 0.3) is 0 Å². The van der Waals surface area contributed by atoms with E-state index >= 15 is 0 Å². The summed E-state index contributed by atoms with van der Waals surface area (Å²) in [7, 11) is -1.19. The number of nitrogens with zero attached hydrogens (tertiary/aromatic N) is 1. The molecular formula is C28H52NPTi. The van der Waals surface area contributed by atoms with Crippen LogP contribution >= 0.6 is 7.05 Å². The fourth-order valence-electron chi connectivity index (χ4n) is 3.28. The maximum absolute atomic E-state index is 5.43. The van der Waals surface area contributed by atoms with E-state index in [4.69, 9.17) is 4.74 Å². The number of rotatable bonds is 14. The fourth-order valence-corrected chi connectivity index (χ4v) is 7.93. The van der Waals surface area contributed by atoms with Crippen molar-refractivity contribution in [3.63, 3.8) is 0 Å². The molecule has 1 aliphatic rings. The van der Waals surface area contributed by atoms with E-state index in [1.807, 2.05) is 12.2 Å². The zero-order valence-corrected chi connectivity index (χ0v) is 24.3. The predicted octanol–water partition coefficient (Wildman–Crippen LogP) is 10.1. The van der Waals surface area contributed by atoms with Crippen molar-refractivity contribution in [3.05, 3.63) is 48.7 Å². The number of hydrogen-bond acceptors (Lipinski definition) is 1. The van der Waals surface area contributed by atoms with Crippen molar-refractivity contribution in [2.75, 3.05) is 18.5 Å². The van der Waals surface area contributed by atoms with Gasteiger partial charge in [0.05, 0.1) is 0 Å². The van der Waals surface area contributed by atoms with Crippen LogP contribution in [0.15, 0.2) is 53.5 Å². The van der Waals surface area contributed by atoms with Gasteiger partial charge in [-0.25, -0.2) is 0 Å². The van der Waals surface area contributed by atoms with E-state index in [1.54, 1.807) is 0 Å². The van der Waals surface area contributed by atoms with E-state index < -0.39 is 7.05 Å². The maximum Gasteiger partial charge on any atom is 0.0425 e. The summed E-state index contributed by atoms with van der Waals surface area (Å²) >= 11 is 0. The topological polar surface area (TPSA) is 12.4 Å². The van der Waals surface area contributed by atoms with Gasteiger partial charge in [0, 0.05) is 33.8 Å². The van der Waals surface area contributed by atoms with E-state index in [0.717, 1.165) is 24.2 Å². The largest absolute Gasteiger partial charge is 0.272 e. The average Bonchev–Trinajstić information content (AvgIpc) is 3.19. The molecule has 0 spiro atoms. The Kier molecular flexibility index (Phi) is 21.9. The van der Waals surface area contributed by atoms with Crippen molar-refractivity contribution in [2.24, 2.45) is 22.5 Å². The van der Waals surface area contributed by atoms with Crippen molar-refractivity contribution in [2.45, 2.75) is 93.4 Å². The SMILES string of the molecule is C=CC=CCCCC.CC(C)CCP(CCC(C)C)(CCC(C)C)=NC1=CC=CC1.[Ti]. The second kappa shape index (κ2) is 20.5. The van der Waals surface area contributed by atoms with E-state index in [2.05, 4.69) is 79.3 Å². The zero-order chi connectivity index (χ0) is 22.8. The molecule has 0 amide bonds. The Balaban J connectivity index is 0. The second-order valence-electron chi connectivity index (χ2n) is 10.0. The Labute approximate surface area is 211 Å². The van der Waals surface area contributed by atoms with Crippen LogP contribution in [0.3, 0.4) is 0 Å². The van der Waals surface area contributed by atoms with Gasteiger partial charge in [-0.1, -0.05) is 98.3 Å². The minimum Gasteiger partial charge on any atom is -0.272 e. The summed E-state index contributed by atoms with van der Waals surface area (Å²) < 4.78 is 5.43. The van der Waals surface area contributed by atoms with E-state index in [-0.39, 0.29) is 21.7 Å². The molecule has 0 saturated heterocycles. The van der Waals surface area contributed by atoms with Crippen molar-refractivity contribution in [1.82, 2.24) is 0 Å². The monoisotopic (exact) mass is 481 g/mol. The summed E-state index contributed by atoms with van der Waals surface area (Å²) in [5.41, 5.74) is 1.35. The molecular weight excluding hydrogens is 429 g/mol. The summed E-state index contributed by atoms with van der Waals surface area (Å²) in [5, 5.41) is 0. The summed E-state index contributed by atoms with van der Waals surface area (Å²) in [6.07, 6.45) is 25.6. The summed E-state index contributed by atoms with van der Waals surface area (Å²) in [5.74, 6) is 2.38. The number of allylic oxidation sites excluding steroid dienone is 6. The predicted molar refractivity (Wildman–Crippen MR) is 143 cm³/mol. The quantitative estimate of drug-likeness (QED) is 0.101. The first-order chi connectivity index (χ1) is 14.2. The van der Waals surface area contributed by atoms with Crippen LogP contribution < -0.4 is 0 Å². The molecule has 0 saturated carbocycles. The van der Waals surface area contributed by atoms with E-state index in [1.165, 1.54) is 62.7 Å². The van der Waals surface area contributed by atoms with Gasteiger partial charge in [0.1, 0.15) is 0 Å². The molecule has 178 valence electrons. The van der Waals surface area contributed by atoms with Crippen molar-refractivity contribution < 1.29 is 21.7 Å². The van der Waals surface area contributed by atoms with Crippen molar-refractivity contribution >= 4 is 7.05 Å². The standard InChI is InChI=1S/C20H38NP.C8H14.Ti/c1-17(2)11-14-22(15-12-18(3)4,16-13-19(5)6)21-20-9-7-8-10-20;1-3-5-7-8-6-4-2;/h7-9,17-19H,10-16H2,1-6H3;3,5,7H,1,4,6,8H2,2H3;. The third kappa shape index (κ3) is 19.1. The zero-order valence-electron chi connectivity index (χ0n) is 21.9. The smallest absolute Gasteiger partial charge is 0.0425 e. The molecule has 0 fully saturated rings. The van der Waals surface area contributed by atoms with Crippen LogP contribution in [-0.4, -0.2) is 18.5 Å². The Bertz CT molecular complexity index is 544. The normalized spacial score (nSPS) is 13.4. The number of hydrogen-bond donors (Lipinski definition) is 0. The maximum atomic E-state index is 5.43. The van der Waals surface area contributed by atoms with E-state index in [0.29, 0.717) is 0 Å². The van der Waals surface area contributed by atoms with Crippen LogP contribution in [0.5, 0.6) is 0 Å². The number of unbranched alkanes of at least 4 members (excludes halogenated alkanes) is 2. The third-order valence-corrected chi connectivity index (χ3v) is 9.41. The molecule has 31 heavy (non-hydrogen) atoms. The Morgan fingerprint density at radius 1 is 0.968 bits per heavy atom. The van der Waals surface area contributed by atoms with Crippen molar-refractivity contribution in [3.8, 4) is 0 Å². The van der Waals surface area contributed by atoms with Gasteiger partial charge in [0.2, 0.25) is 0 Å². The molecule has 0 unspecified atom stereocenters. The summed E-state index contributed by atoms with van der Waals surface area (Å²) in [4.78, 5) is 0. The molecule has 0 bridgehead atoms. The van der Waals surface area contributed by atoms with Gasteiger partial charge in [-0.05, 0) is 75.1 Å². The molecule has 0 atom stereocenters. The van der Waals surface area contributed by atoms with Gasteiger partial charge in [-0.3, -0.25) is 4.74 Å². The minimum absolute atomic E-state index is 0. The fraction of sp³-hybridized carbons (Fsp3) is 0.714. The molecule has 0 aromatic rings. The summed E-state index contributed by atoms with van der Waals surface area (Å²) in [6, 6.07) is 0. The molecule has 0 aromatic carbocycles. The first kappa shape index (κ1) is 33.1. The molecule has 1 aliphatic carbocycles. The third-order valence-electron chi connectivity index (χ3n) is 5.46. The Morgan fingerprint density at radius 2 is 1.48 bits per heavy atom. The van der Waals surface area contributed by atoms with Crippen LogP contribution in [0.1, 0.15) is 93.4 Å². The van der Waals surface area contributed by atoms with Crippen LogP contribution in [-0.2, 0) is 21.7 Å². The van der Waals surface area contributed by atoms with Gasteiger partial charge in [-0.2, -0.15) is 0 Å². The first-order valence-electron chi connectivity index (χ1n) is 12.5. The van der Waals surface area contributed by atoms with Crippen LogP contribution in [0, 0.1) is 17.8 Å². The van der Waals surface area contributed by atoms with Crippen LogP contribution in [0.4, 0.5) is 0 Å². The average molecular weight is 482 g/mol. The van der Waals surface area contributed by atoms with Gasteiger partial charge in [0.25, 0.3) is 0 Å². The van der Waals surface area contributed by atoms with Gasteiger partial charge >= 0.3 is 0 Å². The first-order valence-corrected chi connectivity index (χ1v) is 14.8. The van der Waals surface area contributed by atoms with Crippen molar-refractivity contribution in [1.29, 1.82) is 0 Å². The molecule has 0 N–H and O–H groups in total. The molecule has 0 heterocycles. The van der Waals surface area contributed by atoms with E-state index in [9.17, 15) is 0 Å². The minimum atomic E-state index is -1.19. The van der Waals surface area contributed by atoms with Gasteiger partial charge in [-0.15, -0.1) is 0 Å². The molecule has 0 aliphatic heterocycles. The molecule has 1 rings (SSSR count). The Morgan fingerprint density at radius 3 is 1.84 bits per heavy atom. The second-order valence-corrected chi connectivity index (χ2v) is 13.7. The molecule has 0 radical (unpaired) electrons. The molecule has 3 heteroatoms. The Hall–Kier alpha value is -0.0957. The van der Waals surface area contributed by atoms with Crippen LogP contribution in [0.2, 0.25) is 0 Å². The van der Waals surface area contributed by atoms with Gasteiger partial charge < -0.3 is 0 Å². The van der Waals surface area contributed by atoms with Gasteiger partial charge in [0.15, 0.2) is 0 Å². The molecule has 0 aromatic heterocycles. The molecule has 1 nitrogen and oxygen atoms in total. The summed E-state index contributed by atoms with van der Waals surface area (Å²) in [6.45, 7) is 19.9.